The predicted octanol–water partition coefficient (Wildman–Crippen LogP) is 5.88. The third kappa shape index (κ3) is 7.15. The first-order valence-corrected chi connectivity index (χ1v) is 13.0. The second kappa shape index (κ2) is 12.0. The molecule has 0 saturated carbocycles. The zero-order valence-electron chi connectivity index (χ0n) is 21.4. The third-order valence-electron chi connectivity index (χ3n) is 5.68. The minimum atomic E-state index is -5.06. The van der Waals surface area contributed by atoms with Crippen molar-refractivity contribution in [2.45, 2.75) is 38.8 Å². The average Bonchev–Trinajstić information content (AvgIpc) is 3.30. The van der Waals surface area contributed by atoms with Gasteiger partial charge in [-0.15, -0.1) is 0 Å². The number of nitrogens with zero attached hydrogens (tertiary/aromatic N) is 3. The van der Waals surface area contributed by atoms with Crippen molar-refractivity contribution in [1.82, 2.24) is 15.1 Å². The van der Waals surface area contributed by atoms with Crippen molar-refractivity contribution in [1.29, 1.82) is 5.26 Å². The quantitative estimate of drug-likeness (QED) is 0.323. The first-order valence-electron chi connectivity index (χ1n) is 11.6. The number of carbonyl (C=O) groups is 2. The van der Waals surface area contributed by atoms with Gasteiger partial charge in [0.2, 0.25) is 0 Å². The smallest absolute Gasteiger partial charge is 0.349 e. The summed E-state index contributed by atoms with van der Waals surface area (Å²) in [6.45, 7) is 2.71. The van der Waals surface area contributed by atoms with Crippen molar-refractivity contribution in [3.05, 3.63) is 81.7 Å². The maximum atomic E-state index is 13.3. The summed E-state index contributed by atoms with van der Waals surface area (Å²) in [5.74, 6) is -0.709. The van der Waals surface area contributed by atoms with Crippen LogP contribution in [0.3, 0.4) is 0 Å². The van der Waals surface area contributed by atoms with Crippen molar-refractivity contribution in [2.24, 2.45) is 0 Å². The molecule has 1 aromatic heterocycles. The first-order chi connectivity index (χ1) is 18.6. The van der Waals surface area contributed by atoms with Crippen LogP contribution >= 0.6 is 11.8 Å². The van der Waals surface area contributed by atoms with Crippen LogP contribution in [0.5, 0.6) is 0 Å². The van der Waals surface area contributed by atoms with Crippen LogP contribution in [-0.2, 0) is 18.9 Å². The molecule has 0 unspecified atom stereocenters. The van der Waals surface area contributed by atoms with Crippen molar-refractivity contribution in [2.75, 3.05) is 17.3 Å². The second-order valence-corrected chi connectivity index (χ2v) is 9.75. The zero-order valence-corrected chi connectivity index (χ0v) is 22.2. The molecule has 0 radical (unpaired) electrons. The summed E-state index contributed by atoms with van der Waals surface area (Å²) >= 11 is 1.51. The van der Waals surface area contributed by atoms with E-state index in [0.29, 0.717) is 11.3 Å². The SMILES string of the molecule is CSC[C@H](C)NC(=O)c1c(C#N)cccc1C(=O)Nc1ccc(Cn2nc(C(F)(F)F)cc2C(F)(F)F)cc1C. The number of benzene rings is 2. The lowest BCUT2D eigenvalue weighted by Gasteiger charge is -2.16. The third-order valence-corrected chi connectivity index (χ3v) is 6.52. The monoisotopic (exact) mass is 583 g/mol. The van der Waals surface area contributed by atoms with Gasteiger partial charge in [0.05, 0.1) is 29.3 Å². The first kappa shape index (κ1) is 30.6. The van der Waals surface area contributed by atoms with E-state index in [-0.39, 0.29) is 44.7 Å². The molecule has 7 nitrogen and oxygen atoms in total. The Bertz CT molecular complexity index is 1460. The lowest BCUT2D eigenvalue weighted by Crippen LogP contribution is -2.36. The number of amides is 2. The van der Waals surface area contributed by atoms with Gasteiger partial charge in [0.25, 0.3) is 11.8 Å². The Morgan fingerprint density at radius 3 is 2.35 bits per heavy atom. The minimum Gasteiger partial charge on any atom is -0.349 e. The van der Waals surface area contributed by atoms with Gasteiger partial charge >= 0.3 is 12.4 Å². The van der Waals surface area contributed by atoms with E-state index in [4.69, 9.17) is 0 Å². The fourth-order valence-electron chi connectivity index (χ4n) is 3.90. The largest absolute Gasteiger partial charge is 0.435 e. The Morgan fingerprint density at radius 1 is 1.07 bits per heavy atom. The van der Waals surface area contributed by atoms with E-state index in [1.165, 1.54) is 55.1 Å². The van der Waals surface area contributed by atoms with Crippen LogP contribution in [0, 0.1) is 18.3 Å². The fraction of sp³-hybridized carbons (Fsp3) is 0.308. The molecule has 1 atom stereocenters. The molecular weight excluding hydrogens is 560 g/mol. The molecular formula is C26H23F6N5O2S. The summed E-state index contributed by atoms with van der Waals surface area (Å²) in [6, 6.07) is 9.95. The van der Waals surface area contributed by atoms with Gasteiger partial charge in [-0.2, -0.15) is 48.5 Å². The summed E-state index contributed by atoms with van der Waals surface area (Å²) < 4.78 is 79.2. The highest BCUT2D eigenvalue weighted by Gasteiger charge is 2.41. The van der Waals surface area contributed by atoms with Crippen molar-refractivity contribution >= 4 is 29.3 Å². The highest BCUT2D eigenvalue weighted by molar-refractivity contribution is 7.98. The van der Waals surface area contributed by atoms with Gasteiger partial charge in [0, 0.05) is 23.5 Å². The average molecular weight is 584 g/mol. The molecule has 2 amide bonds. The number of halogens is 6. The lowest BCUT2D eigenvalue weighted by atomic mass is 9.99. The Labute approximate surface area is 229 Å². The lowest BCUT2D eigenvalue weighted by molar-refractivity contribution is -0.144. The van der Waals surface area contributed by atoms with Crippen molar-refractivity contribution in [3.8, 4) is 6.07 Å². The molecule has 3 rings (SSSR count). The molecule has 0 aliphatic rings. The van der Waals surface area contributed by atoms with Gasteiger partial charge in [0.1, 0.15) is 5.69 Å². The maximum absolute atomic E-state index is 13.3. The molecule has 2 N–H and O–H groups in total. The maximum Gasteiger partial charge on any atom is 0.435 e. The van der Waals surface area contributed by atoms with E-state index >= 15 is 0 Å². The van der Waals surface area contributed by atoms with Crippen LogP contribution in [-0.4, -0.2) is 39.6 Å². The number of anilines is 1. The van der Waals surface area contributed by atoms with E-state index in [1.54, 1.807) is 6.92 Å². The number of alkyl halides is 6. The number of hydrogen-bond donors (Lipinski definition) is 2. The standard InChI is InChI=1S/C26H23F6N5O2S/c1-14-9-16(12-37-21(26(30,31)32)10-20(36-37)25(27,28)29)7-8-19(14)35-23(38)18-6-4-5-17(11-33)22(18)24(39)34-15(2)13-40-3/h4-10,15H,12-13H2,1-3H3,(H,34,39)(H,35,38)/t15-/m0/s1. The van der Waals surface area contributed by atoms with E-state index in [1.807, 2.05) is 12.3 Å². The van der Waals surface area contributed by atoms with Crippen LogP contribution in [0.4, 0.5) is 32.0 Å². The van der Waals surface area contributed by atoms with Gasteiger partial charge in [0.15, 0.2) is 5.69 Å². The summed E-state index contributed by atoms with van der Waals surface area (Å²) in [7, 11) is 0. The summed E-state index contributed by atoms with van der Waals surface area (Å²) in [5, 5.41) is 18.0. The molecule has 40 heavy (non-hydrogen) atoms. The Hall–Kier alpha value is -3.99. The molecule has 0 saturated heterocycles. The van der Waals surface area contributed by atoms with Crippen LogP contribution in [0.15, 0.2) is 42.5 Å². The predicted molar refractivity (Wildman–Crippen MR) is 137 cm³/mol. The number of thioether (sulfide) groups is 1. The molecule has 3 aromatic rings. The molecule has 0 bridgehead atoms. The summed E-state index contributed by atoms with van der Waals surface area (Å²) in [6.07, 6.45) is -8.25. The van der Waals surface area contributed by atoms with Gasteiger partial charge in [-0.25, -0.2) is 0 Å². The van der Waals surface area contributed by atoms with Crippen molar-refractivity contribution in [3.63, 3.8) is 0 Å². The topological polar surface area (TPSA) is 99.8 Å². The van der Waals surface area contributed by atoms with Crippen LogP contribution in [0.1, 0.15) is 55.7 Å². The zero-order chi connectivity index (χ0) is 29.8. The van der Waals surface area contributed by atoms with Gasteiger partial charge in [-0.1, -0.05) is 18.2 Å². The van der Waals surface area contributed by atoms with E-state index < -0.39 is 42.1 Å². The van der Waals surface area contributed by atoms with Gasteiger partial charge < -0.3 is 10.6 Å². The highest BCUT2D eigenvalue weighted by atomic mass is 32.2. The highest BCUT2D eigenvalue weighted by Crippen LogP contribution is 2.35. The summed E-state index contributed by atoms with van der Waals surface area (Å²) in [4.78, 5) is 26.1. The number of nitriles is 1. The number of rotatable bonds is 8. The fourth-order valence-corrected chi connectivity index (χ4v) is 4.48. The van der Waals surface area contributed by atoms with Gasteiger partial charge in [-0.3, -0.25) is 14.3 Å². The second-order valence-electron chi connectivity index (χ2n) is 8.84. The van der Waals surface area contributed by atoms with Crippen LogP contribution in [0.2, 0.25) is 0 Å². The normalized spacial score (nSPS) is 12.5. The molecule has 0 aliphatic heterocycles. The van der Waals surface area contributed by atoms with Crippen LogP contribution in [0.25, 0.3) is 0 Å². The Balaban J connectivity index is 1.87. The van der Waals surface area contributed by atoms with E-state index in [9.17, 15) is 41.2 Å². The van der Waals surface area contributed by atoms with Gasteiger partial charge in [-0.05, 0) is 49.4 Å². The minimum absolute atomic E-state index is 0.00788. The molecule has 1 heterocycles. The van der Waals surface area contributed by atoms with E-state index in [2.05, 4.69) is 15.7 Å². The molecule has 0 fully saturated rings. The number of nitrogens with one attached hydrogen (secondary N) is 2. The molecule has 0 aliphatic carbocycles. The molecule has 2 aromatic carbocycles. The molecule has 14 heteroatoms. The number of hydrogen-bond acceptors (Lipinski definition) is 5. The van der Waals surface area contributed by atoms with E-state index in [0.717, 1.165) is 0 Å². The molecule has 212 valence electrons. The van der Waals surface area contributed by atoms with Crippen LogP contribution < -0.4 is 10.6 Å². The number of aromatic nitrogens is 2. The summed E-state index contributed by atoms with van der Waals surface area (Å²) in [5.41, 5.74) is -2.57. The Kier molecular flexibility index (Phi) is 9.19. The Morgan fingerprint density at radius 2 is 1.77 bits per heavy atom. The number of aryl methyl sites for hydroxylation is 1. The molecule has 0 spiro atoms. The van der Waals surface area contributed by atoms with Crippen molar-refractivity contribution < 1.29 is 35.9 Å². The number of carbonyl (C=O) groups excluding carboxylic acids is 2.